The minimum absolute atomic E-state index is 0.0963. The van der Waals surface area contributed by atoms with Crippen LogP contribution in [0.25, 0.3) is 10.2 Å². The second kappa shape index (κ2) is 7.74. The lowest BCUT2D eigenvalue weighted by atomic mass is 9.99. The summed E-state index contributed by atoms with van der Waals surface area (Å²) in [5.41, 5.74) is 1.71. The van der Waals surface area contributed by atoms with Gasteiger partial charge in [-0.3, -0.25) is 4.79 Å². The fraction of sp³-hybridized carbons (Fsp3) is 0.222. The number of benzene rings is 2. The van der Waals surface area contributed by atoms with Gasteiger partial charge < -0.3 is 10.4 Å². The highest BCUT2D eigenvalue weighted by Gasteiger charge is 2.37. The van der Waals surface area contributed by atoms with Crippen LogP contribution in [0.4, 0.5) is 0 Å². The quantitative estimate of drug-likeness (QED) is 0.621. The lowest BCUT2D eigenvalue weighted by Crippen LogP contribution is -2.41. The van der Waals surface area contributed by atoms with Crippen LogP contribution in [0.5, 0.6) is 0 Å². The predicted octanol–water partition coefficient (Wildman–Crippen LogP) is 4.07. The number of fused-ring (bicyclic) bond motifs is 1. The standard InChI is InChI=1S/C18H17ClN2O2S2/c1-18(16(23)20-9-10-22,12-5-3-2-4-6-12)25-17-21-14-11-13(19)7-8-15(14)24-17/h2-8,11,22H,9-10H2,1H3,(H,20,23). The Bertz CT molecular complexity index is 885. The molecule has 2 N–H and O–H groups in total. The Labute approximate surface area is 159 Å². The fourth-order valence-corrected chi connectivity index (χ4v) is 5.12. The lowest BCUT2D eigenvalue weighted by Gasteiger charge is -2.27. The number of thioether (sulfide) groups is 1. The van der Waals surface area contributed by atoms with Crippen molar-refractivity contribution in [1.82, 2.24) is 10.3 Å². The van der Waals surface area contributed by atoms with Crippen LogP contribution in [0.15, 0.2) is 52.9 Å². The van der Waals surface area contributed by atoms with Crippen molar-refractivity contribution in [3.05, 3.63) is 59.1 Å². The maximum Gasteiger partial charge on any atom is 0.241 e. The Balaban J connectivity index is 1.97. The molecule has 0 saturated heterocycles. The van der Waals surface area contributed by atoms with E-state index in [-0.39, 0.29) is 19.1 Å². The van der Waals surface area contributed by atoms with Gasteiger partial charge in [0.05, 0.1) is 16.8 Å². The molecule has 2 aromatic carbocycles. The monoisotopic (exact) mass is 392 g/mol. The molecule has 0 aliphatic heterocycles. The van der Waals surface area contributed by atoms with Crippen molar-refractivity contribution in [2.24, 2.45) is 0 Å². The normalized spacial score (nSPS) is 13.6. The molecule has 0 fully saturated rings. The van der Waals surface area contributed by atoms with Crippen LogP contribution in [0.1, 0.15) is 12.5 Å². The zero-order valence-corrected chi connectivity index (χ0v) is 15.9. The molecule has 1 unspecified atom stereocenters. The van der Waals surface area contributed by atoms with Crippen molar-refractivity contribution < 1.29 is 9.90 Å². The molecule has 3 rings (SSSR count). The molecule has 1 heterocycles. The molecule has 0 spiro atoms. The SMILES string of the molecule is CC(Sc1nc2cc(Cl)ccc2s1)(C(=O)NCCO)c1ccccc1. The summed E-state index contributed by atoms with van der Waals surface area (Å²) in [6.07, 6.45) is 0. The average molecular weight is 393 g/mol. The molecule has 25 heavy (non-hydrogen) atoms. The van der Waals surface area contributed by atoms with Crippen LogP contribution < -0.4 is 5.32 Å². The van der Waals surface area contributed by atoms with Gasteiger partial charge in [0, 0.05) is 11.6 Å². The molecule has 4 nitrogen and oxygen atoms in total. The highest BCUT2D eigenvalue weighted by Crippen LogP contribution is 2.44. The van der Waals surface area contributed by atoms with Crippen LogP contribution in [0.3, 0.4) is 0 Å². The first kappa shape index (κ1) is 18.2. The van der Waals surface area contributed by atoms with Crippen molar-refractivity contribution in [2.45, 2.75) is 16.0 Å². The van der Waals surface area contributed by atoms with E-state index < -0.39 is 4.75 Å². The zero-order valence-electron chi connectivity index (χ0n) is 13.5. The van der Waals surface area contributed by atoms with Crippen LogP contribution in [-0.4, -0.2) is 29.1 Å². The Morgan fingerprint density at radius 3 is 2.80 bits per heavy atom. The van der Waals surface area contributed by atoms with Gasteiger partial charge in [0.1, 0.15) is 4.75 Å². The molecule has 0 aliphatic rings. The first-order chi connectivity index (χ1) is 12.0. The molecule has 7 heteroatoms. The molecule has 0 bridgehead atoms. The van der Waals surface area contributed by atoms with Crippen molar-refractivity contribution in [3.8, 4) is 0 Å². The van der Waals surface area contributed by atoms with Crippen molar-refractivity contribution in [1.29, 1.82) is 0 Å². The van der Waals surface area contributed by atoms with Gasteiger partial charge in [-0.05, 0) is 30.7 Å². The third kappa shape index (κ3) is 3.98. The molecule has 0 aliphatic carbocycles. The molecular formula is C18H17ClN2O2S2. The first-order valence-corrected chi connectivity index (χ1v) is 9.74. The second-order valence-corrected chi connectivity index (χ2v) is 8.71. The first-order valence-electron chi connectivity index (χ1n) is 7.73. The van der Waals surface area contributed by atoms with Crippen LogP contribution in [-0.2, 0) is 9.54 Å². The number of nitrogens with zero attached hydrogens (tertiary/aromatic N) is 1. The minimum Gasteiger partial charge on any atom is -0.395 e. The van der Waals surface area contributed by atoms with E-state index >= 15 is 0 Å². The van der Waals surface area contributed by atoms with Gasteiger partial charge in [-0.1, -0.05) is 53.7 Å². The summed E-state index contributed by atoms with van der Waals surface area (Å²) < 4.78 is 0.967. The van der Waals surface area contributed by atoms with Crippen LogP contribution >= 0.6 is 34.7 Å². The number of carbonyl (C=O) groups is 1. The maximum atomic E-state index is 12.8. The number of rotatable bonds is 6. The van der Waals surface area contributed by atoms with Crippen molar-refractivity contribution >= 4 is 50.8 Å². The van der Waals surface area contributed by atoms with E-state index in [9.17, 15) is 4.79 Å². The number of thiazole rings is 1. The van der Waals surface area contributed by atoms with Crippen molar-refractivity contribution in [2.75, 3.05) is 13.2 Å². The highest BCUT2D eigenvalue weighted by atomic mass is 35.5. The van der Waals surface area contributed by atoms with Gasteiger partial charge >= 0.3 is 0 Å². The van der Waals surface area contributed by atoms with Crippen LogP contribution in [0, 0.1) is 0 Å². The fourth-order valence-electron chi connectivity index (χ4n) is 2.43. The van der Waals surface area contributed by atoms with Crippen molar-refractivity contribution in [3.63, 3.8) is 0 Å². The molecule has 1 atom stereocenters. The number of nitrogens with one attached hydrogen (secondary N) is 1. The number of hydrogen-bond donors (Lipinski definition) is 2. The smallest absolute Gasteiger partial charge is 0.241 e. The number of carbonyl (C=O) groups excluding carboxylic acids is 1. The summed E-state index contributed by atoms with van der Waals surface area (Å²) in [7, 11) is 0. The Morgan fingerprint density at radius 2 is 2.08 bits per heavy atom. The zero-order chi connectivity index (χ0) is 17.9. The number of halogens is 1. The van der Waals surface area contributed by atoms with Gasteiger partial charge in [0.25, 0.3) is 0 Å². The number of aromatic nitrogens is 1. The Kier molecular flexibility index (Phi) is 5.64. The summed E-state index contributed by atoms with van der Waals surface area (Å²) in [6.45, 7) is 2.00. The minimum atomic E-state index is -0.853. The van der Waals surface area contributed by atoms with Gasteiger partial charge in [0.2, 0.25) is 5.91 Å². The van der Waals surface area contributed by atoms with E-state index in [0.717, 1.165) is 20.1 Å². The summed E-state index contributed by atoms with van der Waals surface area (Å²) in [6, 6.07) is 15.2. The molecule has 130 valence electrons. The maximum absolute atomic E-state index is 12.8. The summed E-state index contributed by atoms with van der Waals surface area (Å²) in [4.78, 5) is 17.4. The van der Waals surface area contributed by atoms with E-state index in [1.807, 2.05) is 55.5 Å². The molecule has 0 saturated carbocycles. The summed E-state index contributed by atoms with van der Waals surface area (Å²) >= 11 is 8.97. The molecule has 1 amide bonds. The third-order valence-electron chi connectivity index (χ3n) is 3.78. The lowest BCUT2D eigenvalue weighted by molar-refractivity contribution is -0.123. The number of hydrogen-bond acceptors (Lipinski definition) is 5. The molecule has 0 radical (unpaired) electrons. The summed E-state index contributed by atoms with van der Waals surface area (Å²) in [5, 5.41) is 12.4. The number of aliphatic hydroxyl groups excluding tert-OH is 1. The van der Waals surface area contributed by atoms with Crippen LogP contribution in [0.2, 0.25) is 5.02 Å². The van der Waals surface area contributed by atoms with E-state index in [1.165, 1.54) is 23.1 Å². The van der Waals surface area contributed by atoms with E-state index in [1.54, 1.807) is 0 Å². The van der Waals surface area contributed by atoms with E-state index in [2.05, 4.69) is 10.3 Å². The molecule has 1 aromatic heterocycles. The van der Waals surface area contributed by atoms with E-state index in [4.69, 9.17) is 16.7 Å². The second-order valence-electron chi connectivity index (χ2n) is 5.57. The Hall–Kier alpha value is -1.60. The van der Waals surface area contributed by atoms with Gasteiger partial charge in [0.15, 0.2) is 4.34 Å². The largest absolute Gasteiger partial charge is 0.395 e. The molecular weight excluding hydrogens is 376 g/mol. The number of amides is 1. The predicted molar refractivity (Wildman–Crippen MR) is 104 cm³/mol. The summed E-state index contributed by atoms with van der Waals surface area (Å²) in [5.74, 6) is -0.157. The Morgan fingerprint density at radius 1 is 1.32 bits per heavy atom. The van der Waals surface area contributed by atoms with Gasteiger partial charge in [-0.2, -0.15) is 0 Å². The van der Waals surface area contributed by atoms with Gasteiger partial charge in [-0.15, -0.1) is 11.3 Å². The van der Waals surface area contributed by atoms with Gasteiger partial charge in [-0.25, -0.2) is 4.98 Å². The third-order valence-corrected chi connectivity index (χ3v) is 6.44. The topological polar surface area (TPSA) is 62.2 Å². The van der Waals surface area contributed by atoms with E-state index in [0.29, 0.717) is 5.02 Å². The highest BCUT2D eigenvalue weighted by molar-refractivity contribution is 8.02. The molecule has 3 aromatic rings. The average Bonchev–Trinajstić information content (AvgIpc) is 3.01. The number of aliphatic hydroxyl groups is 1.